The van der Waals surface area contributed by atoms with Crippen LogP contribution in [-0.2, 0) is 16.0 Å². The number of hydrogen-bond acceptors (Lipinski definition) is 3. The maximum absolute atomic E-state index is 11.1. The summed E-state index contributed by atoms with van der Waals surface area (Å²) < 4.78 is 4.77. The molecule has 0 aliphatic carbocycles. The predicted octanol–water partition coefficient (Wildman–Crippen LogP) is 2.70. The summed E-state index contributed by atoms with van der Waals surface area (Å²) >= 11 is 0. The van der Waals surface area contributed by atoms with Crippen molar-refractivity contribution in [3.05, 3.63) is 48.1 Å². The first-order valence-corrected chi connectivity index (χ1v) is 5.45. The number of phenolic OH excluding ortho intramolecular Hbond substituents is 1. The number of esters is 1. The molecule has 0 saturated carbocycles. The van der Waals surface area contributed by atoms with Gasteiger partial charge < -0.3 is 9.84 Å². The van der Waals surface area contributed by atoms with Crippen LogP contribution in [0.25, 0.3) is 6.08 Å². The van der Waals surface area contributed by atoms with Crippen LogP contribution >= 0.6 is 0 Å². The summed E-state index contributed by atoms with van der Waals surface area (Å²) in [5.41, 5.74) is 1.62. The second kappa shape index (κ2) is 6.53. The fourth-order valence-corrected chi connectivity index (χ4v) is 1.38. The second-order valence-corrected chi connectivity index (χ2v) is 3.47. The van der Waals surface area contributed by atoms with Gasteiger partial charge in [-0.15, -0.1) is 6.58 Å². The quantitative estimate of drug-likeness (QED) is 0.482. The van der Waals surface area contributed by atoms with Gasteiger partial charge in [0, 0.05) is 6.08 Å². The van der Waals surface area contributed by atoms with Gasteiger partial charge in [0.05, 0.1) is 6.61 Å². The summed E-state index contributed by atoms with van der Waals surface area (Å²) in [5.74, 6) is -0.135. The lowest BCUT2D eigenvalue weighted by atomic mass is 10.1. The maximum Gasteiger partial charge on any atom is 0.330 e. The van der Waals surface area contributed by atoms with Crippen molar-refractivity contribution in [1.29, 1.82) is 0 Å². The molecular formula is C14H16O3. The van der Waals surface area contributed by atoms with Gasteiger partial charge in [0.25, 0.3) is 0 Å². The normalized spacial score (nSPS) is 10.4. The Morgan fingerprint density at radius 1 is 1.53 bits per heavy atom. The van der Waals surface area contributed by atoms with Crippen molar-refractivity contribution in [3.63, 3.8) is 0 Å². The Morgan fingerprint density at radius 3 is 2.94 bits per heavy atom. The first-order valence-electron chi connectivity index (χ1n) is 5.45. The molecule has 0 bridgehead atoms. The van der Waals surface area contributed by atoms with E-state index >= 15 is 0 Å². The number of allylic oxidation sites excluding steroid dienone is 1. The van der Waals surface area contributed by atoms with Crippen LogP contribution in [0.1, 0.15) is 18.1 Å². The molecule has 0 radical (unpaired) electrons. The number of ether oxygens (including phenoxy) is 1. The number of carbonyl (C=O) groups is 1. The molecule has 0 unspecified atom stereocenters. The number of phenols is 1. The van der Waals surface area contributed by atoms with Gasteiger partial charge in [0.1, 0.15) is 5.75 Å². The van der Waals surface area contributed by atoms with E-state index in [2.05, 4.69) is 6.58 Å². The molecule has 3 nitrogen and oxygen atoms in total. The first-order chi connectivity index (χ1) is 8.17. The third-order valence-electron chi connectivity index (χ3n) is 2.17. The standard InChI is InChI=1S/C14H16O3/c1-3-5-12-10-11(6-8-13(12)15)7-9-14(16)17-4-2/h3,6-10,15H,1,4-5H2,2H3. The van der Waals surface area contributed by atoms with E-state index < -0.39 is 0 Å². The number of rotatable bonds is 5. The lowest BCUT2D eigenvalue weighted by molar-refractivity contribution is -0.137. The molecule has 0 atom stereocenters. The minimum Gasteiger partial charge on any atom is -0.508 e. The van der Waals surface area contributed by atoms with Crippen LogP contribution in [0.4, 0.5) is 0 Å². The zero-order valence-electron chi connectivity index (χ0n) is 9.85. The van der Waals surface area contributed by atoms with Crippen molar-refractivity contribution in [1.82, 2.24) is 0 Å². The van der Waals surface area contributed by atoms with Crippen molar-refractivity contribution in [2.45, 2.75) is 13.3 Å². The Labute approximate surface area is 101 Å². The molecular weight excluding hydrogens is 216 g/mol. The monoisotopic (exact) mass is 232 g/mol. The molecule has 17 heavy (non-hydrogen) atoms. The van der Waals surface area contributed by atoms with Crippen molar-refractivity contribution in [3.8, 4) is 5.75 Å². The Bertz CT molecular complexity index is 433. The highest BCUT2D eigenvalue weighted by Crippen LogP contribution is 2.20. The van der Waals surface area contributed by atoms with Gasteiger partial charge in [-0.25, -0.2) is 4.79 Å². The third kappa shape index (κ3) is 4.15. The van der Waals surface area contributed by atoms with Crippen molar-refractivity contribution >= 4 is 12.0 Å². The van der Waals surface area contributed by atoms with Crippen LogP contribution in [-0.4, -0.2) is 17.7 Å². The van der Waals surface area contributed by atoms with Crippen LogP contribution in [0.3, 0.4) is 0 Å². The first kappa shape index (κ1) is 13.0. The van der Waals surface area contributed by atoms with E-state index in [1.165, 1.54) is 6.08 Å². The lowest BCUT2D eigenvalue weighted by Crippen LogP contribution is -1.98. The van der Waals surface area contributed by atoms with Gasteiger partial charge in [-0.1, -0.05) is 12.1 Å². The van der Waals surface area contributed by atoms with Crippen LogP contribution < -0.4 is 0 Å². The minimum absolute atomic E-state index is 0.234. The Hall–Kier alpha value is -2.03. The van der Waals surface area contributed by atoms with Crippen molar-refractivity contribution in [2.75, 3.05) is 6.61 Å². The molecule has 1 aromatic rings. The highest BCUT2D eigenvalue weighted by atomic mass is 16.5. The zero-order chi connectivity index (χ0) is 12.7. The van der Waals surface area contributed by atoms with E-state index in [0.29, 0.717) is 13.0 Å². The molecule has 0 aromatic heterocycles. The minimum atomic E-state index is -0.370. The van der Waals surface area contributed by atoms with Gasteiger partial charge in [0.15, 0.2) is 0 Å². The van der Waals surface area contributed by atoms with E-state index in [1.807, 2.05) is 6.07 Å². The van der Waals surface area contributed by atoms with Gasteiger partial charge in [-0.2, -0.15) is 0 Å². The summed E-state index contributed by atoms with van der Waals surface area (Å²) in [7, 11) is 0. The molecule has 90 valence electrons. The van der Waals surface area contributed by atoms with Crippen molar-refractivity contribution < 1.29 is 14.6 Å². The number of carbonyl (C=O) groups excluding carboxylic acids is 1. The summed E-state index contributed by atoms with van der Waals surface area (Å²) in [4.78, 5) is 11.1. The summed E-state index contributed by atoms with van der Waals surface area (Å²) in [6, 6.07) is 5.15. The summed E-state index contributed by atoms with van der Waals surface area (Å²) in [6.07, 6.45) is 5.33. The molecule has 0 fully saturated rings. The fourth-order valence-electron chi connectivity index (χ4n) is 1.38. The fraction of sp³-hybridized carbons (Fsp3) is 0.214. The van der Waals surface area contributed by atoms with Gasteiger partial charge in [-0.3, -0.25) is 0 Å². The lowest BCUT2D eigenvalue weighted by Gasteiger charge is -2.02. The largest absolute Gasteiger partial charge is 0.508 e. The Morgan fingerprint density at radius 2 is 2.29 bits per heavy atom. The molecule has 1 aromatic carbocycles. The molecule has 0 aliphatic rings. The van der Waals surface area contributed by atoms with Gasteiger partial charge in [0.2, 0.25) is 0 Å². The molecule has 0 spiro atoms. The van der Waals surface area contributed by atoms with Crippen LogP contribution in [0.2, 0.25) is 0 Å². The van der Waals surface area contributed by atoms with Crippen LogP contribution in [0.15, 0.2) is 36.9 Å². The molecule has 0 heterocycles. The molecule has 0 aliphatic heterocycles. The average molecular weight is 232 g/mol. The summed E-state index contributed by atoms with van der Waals surface area (Å²) in [5, 5.41) is 9.56. The van der Waals surface area contributed by atoms with Gasteiger partial charge in [-0.05, 0) is 42.7 Å². The molecule has 0 amide bonds. The number of aromatic hydroxyl groups is 1. The molecule has 1 rings (SSSR count). The van der Waals surface area contributed by atoms with E-state index in [1.54, 1.807) is 31.2 Å². The van der Waals surface area contributed by atoms with Gasteiger partial charge >= 0.3 is 5.97 Å². The summed E-state index contributed by atoms with van der Waals surface area (Å²) in [6.45, 7) is 5.74. The zero-order valence-corrected chi connectivity index (χ0v) is 9.85. The smallest absolute Gasteiger partial charge is 0.330 e. The van der Waals surface area contributed by atoms with Crippen molar-refractivity contribution in [2.24, 2.45) is 0 Å². The van der Waals surface area contributed by atoms with E-state index in [9.17, 15) is 9.90 Å². The van der Waals surface area contributed by atoms with E-state index in [-0.39, 0.29) is 11.7 Å². The molecule has 1 N–H and O–H groups in total. The highest BCUT2D eigenvalue weighted by molar-refractivity contribution is 5.87. The predicted molar refractivity (Wildman–Crippen MR) is 67.7 cm³/mol. The highest BCUT2D eigenvalue weighted by Gasteiger charge is 2.00. The average Bonchev–Trinajstić information content (AvgIpc) is 2.31. The topological polar surface area (TPSA) is 46.5 Å². The number of benzene rings is 1. The SMILES string of the molecule is C=CCc1cc(C=CC(=O)OCC)ccc1O. The van der Waals surface area contributed by atoms with E-state index in [4.69, 9.17) is 4.74 Å². The molecule has 3 heteroatoms. The maximum atomic E-state index is 11.1. The van der Waals surface area contributed by atoms with Crippen LogP contribution in [0, 0.1) is 0 Å². The van der Waals surface area contributed by atoms with E-state index in [0.717, 1.165) is 11.1 Å². The van der Waals surface area contributed by atoms with Crippen LogP contribution in [0.5, 0.6) is 5.75 Å². The molecule has 0 saturated heterocycles. The Kier molecular flexibility index (Phi) is 5.01. The Balaban J connectivity index is 2.81. The third-order valence-corrected chi connectivity index (χ3v) is 2.17. The second-order valence-electron chi connectivity index (χ2n) is 3.47. The number of hydrogen-bond donors (Lipinski definition) is 1.